The van der Waals surface area contributed by atoms with Crippen molar-refractivity contribution in [2.75, 3.05) is 14.1 Å². The van der Waals surface area contributed by atoms with Crippen molar-refractivity contribution >= 4 is 17.7 Å². The van der Waals surface area contributed by atoms with Crippen molar-refractivity contribution in [1.29, 1.82) is 0 Å². The summed E-state index contributed by atoms with van der Waals surface area (Å²) < 4.78 is 19.1. The van der Waals surface area contributed by atoms with E-state index in [1.54, 1.807) is 18.2 Å². The van der Waals surface area contributed by atoms with Crippen molar-refractivity contribution in [2.45, 2.75) is 6.92 Å². The molecule has 0 amide bonds. The lowest BCUT2D eigenvalue weighted by Crippen LogP contribution is -1.99. The van der Waals surface area contributed by atoms with E-state index in [0.717, 1.165) is 5.56 Å². The van der Waals surface area contributed by atoms with E-state index in [0.29, 0.717) is 16.5 Å². The molecule has 0 bridgehead atoms. The first kappa shape index (κ1) is 13.6. The normalized spacial score (nSPS) is 11.2. The lowest BCUT2D eigenvalue weighted by molar-refractivity contribution is 0.413. The van der Waals surface area contributed by atoms with E-state index >= 15 is 0 Å². The third-order valence-corrected chi connectivity index (χ3v) is 3.00. The Morgan fingerprint density at radius 2 is 2.11 bits per heavy atom. The van der Waals surface area contributed by atoms with Crippen LogP contribution in [0, 0.1) is 12.7 Å². The molecule has 0 saturated heterocycles. The topological polar surface area (TPSA) is 29.3 Å². The van der Waals surface area contributed by atoms with E-state index in [9.17, 15) is 4.39 Å². The first-order valence-electron chi connectivity index (χ1n) is 5.76. The van der Waals surface area contributed by atoms with Gasteiger partial charge in [0.05, 0.1) is 10.6 Å². The molecule has 5 heteroatoms. The molecule has 0 saturated carbocycles. The molecule has 2 rings (SSSR count). The predicted molar refractivity (Wildman–Crippen MR) is 74.4 cm³/mol. The highest BCUT2D eigenvalue weighted by Crippen LogP contribution is 2.33. The lowest BCUT2D eigenvalue weighted by atomic mass is 10.1. The summed E-state index contributed by atoms with van der Waals surface area (Å²) >= 11 is 6.02. The van der Waals surface area contributed by atoms with Crippen molar-refractivity contribution in [3.05, 3.63) is 46.6 Å². The summed E-state index contributed by atoms with van der Waals surface area (Å²) in [6.07, 6.45) is 3.61. The van der Waals surface area contributed by atoms with Crippen LogP contribution < -0.4 is 0 Å². The average molecular weight is 281 g/mol. The monoisotopic (exact) mass is 280 g/mol. The molecule has 0 aliphatic carbocycles. The lowest BCUT2D eigenvalue weighted by Gasteiger charge is -2.03. The molecule has 19 heavy (non-hydrogen) atoms. The van der Waals surface area contributed by atoms with Gasteiger partial charge in [0.2, 0.25) is 0 Å². The van der Waals surface area contributed by atoms with Crippen molar-refractivity contribution < 1.29 is 8.91 Å². The zero-order valence-corrected chi connectivity index (χ0v) is 11.7. The summed E-state index contributed by atoms with van der Waals surface area (Å²) in [4.78, 5) is 1.87. The Kier molecular flexibility index (Phi) is 3.90. The molecule has 0 unspecified atom stereocenters. The average Bonchev–Trinajstić information content (AvgIpc) is 2.68. The minimum atomic E-state index is -0.410. The highest BCUT2D eigenvalue weighted by Gasteiger charge is 2.18. The van der Waals surface area contributed by atoms with E-state index in [1.807, 2.05) is 32.1 Å². The van der Waals surface area contributed by atoms with Crippen LogP contribution in [0.2, 0.25) is 5.02 Å². The first-order chi connectivity index (χ1) is 9.00. The molecule has 100 valence electrons. The van der Waals surface area contributed by atoms with Gasteiger partial charge in [0.1, 0.15) is 11.5 Å². The molecule has 0 atom stereocenters. The first-order valence-corrected chi connectivity index (χ1v) is 6.13. The second-order valence-corrected chi connectivity index (χ2v) is 4.80. The molecule has 0 aliphatic rings. The number of rotatable bonds is 3. The number of hydrogen-bond donors (Lipinski definition) is 0. The minimum absolute atomic E-state index is 0.273. The van der Waals surface area contributed by atoms with Crippen LogP contribution >= 0.6 is 11.6 Å². The van der Waals surface area contributed by atoms with Crippen molar-refractivity contribution in [3.8, 4) is 11.3 Å². The largest absolute Gasteiger partial charge is 0.383 e. The van der Waals surface area contributed by atoms with Gasteiger partial charge in [-0.3, -0.25) is 0 Å². The summed E-state index contributed by atoms with van der Waals surface area (Å²) in [6.45, 7) is 1.82. The molecular weight excluding hydrogens is 267 g/mol. The van der Waals surface area contributed by atoms with Crippen LogP contribution in [-0.4, -0.2) is 24.2 Å². The molecule has 0 radical (unpaired) electrons. The van der Waals surface area contributed by atoms with Gasteiger partial charge in [0.15, 0.2) is 5.76 Å². The fourth-order valence-corrected chi connectivity index (χ4v) is 1.93. The smallest absolute Gasteiger partial charge is 0.164 e. The van der Waals surface area contributed by atoms with Crippen LogP contribution in [0.15, 0.2) is 28.9 Å². The second-order valence-electron chi connectivity index (χ2n) is 4.40. The Morgan fingerprint density at radius 1 is 1.37 bits per heavy atom. The maximum atomic E-state index is 13.8. The fourth-order valence-electron chi connectivity index (χ4n) is 1.68. The van der Waals surface area contributed by atoms with Crippen molar-refractivity contribution in [3.63, 3.8) is 0 Å². The Morgan fingerprint density at radius 3 is 2.74 bits per heavy atom. The molecule has 1 aromatic heterocycles. The number of aromatic nitrogens is 1. The Labute approximate surface area is 116 Å². The Hall–Kier alpha value is -1.81. The van der Waals surface area contributed by atoms with Gasteiger partial charge in [0, 0.05) is 25.9 Å². The quantitative estimate of drug-likeness (QED) is 0.852. The van der Waals surface area contributed by atoms with Gasteiger partial charge in [-0.25, -0.2) is 4.39 Å². The number of hydrogen-bond acceptors (Lipinski definition) is 3. The van der Waals surface area contributed by atoms with E-state index in [1.165, 1.54) is 6.07 Å². The zero-order valence-electron chi connectivity index (χ0n) is 10.9. The van der Waals surface area contributed by atoms with Crippen LogP contribution in [-0.2, 0) is 0 Å². The van der Waals surface area contributed by atoms with Gasteiger partial charge in [0.25, 0.3) is 0 Å². The van der Waals surface area contributed by atoms with Crippen LogP contribution in [0.5, 0.6) is 0 Å². The number of halogens is 2. The molecule has 3 nitrogen and oxygen atoms in total. The number of nitrogens with zero attached hydrogens (tertiary/aromatic N) is 2. The summed E-state index contributed by atoms with van der Waals surface area (Å²) in [5.74, 6) is 0.176. The molecular formula is C14H14ClFN2O. The highest BCUT2D eigenvalue weighted by molar-refractivity contribution is 6.33. The second kappa shape index (κ2) is 5.45. The van der Waals surface area contributed by atoms with Crippen LogP contribution in [0.1, 0.15) is 11.3 Å². The van der Waals surface area contributed by atoms with E-state index in [4.69, 9.17) is 16.1 Å². The standard InChI is InChI=1S/C14H14ClFN2O/c1-9-12(7-8-18(2)3)19-17-14(9)13-10(15)5-4-6-11(13)16/h4-8H,1-3H3/b8-7+. The van der Waals surface area contributed by atoms with E-state index in [-0.39, 0.29) is 5.56 Å². The Balaban J connectivity index is 2.48. The molecule has 2 aromatic rings. The maximum absolute atomic E-state index is 13.8. The summed E-state index contributed by atoms with van der Waals surface area (Å²) in [5, 5.41) is 4.24. The minimum Gasteiger partial charge on any atom is -0.383 e. The summed E-state index contributed by atoms with van der Waals surface area (Å²) in [6, 6.07) is 4.54. The third-order valence-electron chi connectivity index (χ3n) is 2.68. The summed E-state index contributed by atoms with van der Waals surface area (Å²) in [5.41, 5.74) is 1.46. The third kappa shape index (κ3) is 2.79. The maximum Gasteiger partial charge on any atom is 0.164 e. The van der Waals surface area contributed by atoms with Gasteiger partial charge >= 0.3 is 0 Å². The van der Waals surface area contributed by atoms with E-state index in [2.05, 4.69) is 5.16 Å². The molecule has 1 aromatic carbocycles. The molecule has 0 fully saturated rings. The fraction of sp³-hybridized carbons (Fsp3) is 0.214. The van der Waals surface area contributed by atoms with Crippen LogP contribution in [0.4, 0.5) is 4.39 Å². The molecule has 0 N–H and O–H groups in total. The van der Waals surface area contributed by atoms with Gasteiger partial charge in [-0.2, -0.15) is 0 Å². The summed E-state index contributed by atoms with van der Waals surface area (Å²) in [7, 11) is 3.80. The van der Waals surface area contributed by atoms with E-state index < -0.39 is 5.82 Å². The van der Waals surface area contributed by atoms with Gasteiger partial charge in [-0.05, 0) is 25.1 Å². The van der Waals surface area contributed by atoms with Crippen molar-refractivity contribution in [1.82, 2.24) is 10.1 Å². The molecule has 0 aliphatic heterocycles. The van der Waals surface area contributed by atoms with Gasteiger partial charge in [-0.15, -0.1) is 0 Å². The van der Waals surface area contributed by atoms with Crippen LogP contribution in [0.3, 0.4) is 0 Å². The van der Waals surface area contributed by atoms with Crippen LogP contribution in [0.25, 0.3) is 17.3 Å². The molecule has 0 spiro atoms. The highest BCUT2D eigenvalue weighted by atomic mass is 35.5. The number of benzene rings is 1. The predicted octanol–water partition coefficient (Wildman–Crippen LogP) is 3.97. The zero-order chi connectivity index (χ0) is 14.0. The van der Waals surface area contributed by atoms with Gasteiger partial charge in [-0.1, -0.05) is 22.8 Å². The molecule has 1 heterocycles. The van der Waals surface area contributed by atoms with Gasteiger partial charge < -0.3 is 9.42 Å². The SMILES string of the molecule is Cc1c(-c2c(F)cccc2Cl)noc1/C=C/N(C)C. The Bertz CT molecular complexity index is 600. The van der Waals surface area contributed by atoms with Crippen molar-refractivity contribution in [2.24, 2.45) is 0 Å².